The number of piperidine rings is 1. The van der Waals surface area contributed by atoms with E-state index in [1.165, 1.54) is 5.56 Å². The fraction of sp³-hybridized carbons (Fsp3) is 0.238. The van der Waals surface area contributed by atoms with Crippen LogP contribution >= 0.6 is 24.0 Å². The van der Waals surface area contributed by atoms with Crippen molar-refractivity contribution in [1.82, 2.24) is 4.90 Å². The Kier molecular flexibility index (Phi) is 11.5. The van der Waals surface area contributed by atoms with E-state index in [0.717, 1.165) is 52.5 Å². The van der Waals surface area contributed by atoms with Crippen LogP contribution in [-0.2, 0) is 27.4 Å². The smallest absolute Gasteiger partial charge is 0.258 e. The molecule has 1 saturated heterocycles. The van der Waals surface area contributed by atoms with E-state index in [4.69, 9.17) is 22.1 Å². The molecule has 256 valence electrons. The molecular weight excluding hydrogens is 665 g/mol. The van der Waals surface area contributed by atoms with E-state index in [2.05, 4.69) is 65.6 Å². The molecule has 5 aromatic carbocycles. The predicted octanol–water partition coefficient (Wildman–Crippen LogP) is 8.36. The number of ether oxygens (including phenoxy) is 1. The van der Waals surface area contributed by atoms with Crippen molar-refractivity contribution in [3.63, 3.8) is 0 Å². The molecular formula is C42H41Cl2N3O3. The molecule has 0 aliphatic carbocycles. The molecule has 7 rings (SSSR count). The van der Waals surface area contributed by atoms with Crippen molar-refractivity contribution >= 4 is 41.9 Å². The number of hydrogen-bond acceptors (Lipinski definition) is 5. The summed E-state index contributed by atoms with van der Waals surface area (Å²) < 4.78 is 6.89. The zero-order chi connectivity index (χ0) is 33.7. The summed E-state index contributed by atoms with van der Waals surface area (Å²) in [5.74, 6) is 0.152. The minimum Gasteiger partial charge on any atom is -0.353 e. The first-order valence-corrected chi connectivity index (χ1v) is 17.3. The minimum atomic E-state index is -1.05. The quantitative estimate of drug-likeness (QED) is 0.156. The van der Waals surface area contributed by atoms with Crippen molar-refractivity contribution in [2.75, 3.05) is 18.0 Å². The molecule has 2 heterocycles. The van der Waals surface area contributed by atoms with E-state index >= 15 is 0 Å². The summed E-state index contributed by atoms with van der Waals surface area (Å²) >= 11 is 6.63. The highest BCUT2D eigenvalue weighted by atomic mass is 35.5. The molecule has 0 saturated carbocycles. The summed E-state index contributed by atoms with van der Waals surface area (Å²) in [6, 6.07) is 41.7. The summed E-state index contributed by atoms with van der Waals surface area (Å²) in [4.78, 5) is 31.9. The van der Waals surface area contributed by atoms with Crippen LogP contribution < -0.4 is 10.6 Å². The zero-order valence-electron chi connectivity index (χ0n) is 27.7. The molecule has 1 amide bonds. The Balaban J connectivity index is 0.00000432. The summed E-state index contributed by atoms with van der Waals surface area (Å²) in [6.45, 7) is 2.04. The van der Waals surface area contributed by atoms with Gasteiger partial charge in [0.15, 0.2) is 6.10 Å². The summed E-state index contributed by atoms with van der Waals surface area (Å²) in [5, 5.41) is 0.537. The van der Waals surface area contributed by atoms with Gasteiger partial charge in [0.05, 0.1) is 12.2 Å². The Labute approximate surface area is 305 Å². The number of carbonyl (C=O) groups excluding carboxylic acids is 2. The molecule has 8 heteroatoms. The molecule has 5 aromatic rings. The third-order valence-corrected chi connectivity index (χ3v) is 10.2. The molecule has 50 heavy (non-hydrogen) atoms. The van der Waals surface area contributed by atoms with E-state index in [1.807, 2.05) is 60.7 Å². The maximum atomic E-state index is 14.9. The van der Waals surface area contributed by atoms with Gasteiger partial charge in [-0.05, 0) is 83.4 Å². The van der Waals surface area contributed by atoms with Crippen LogP contribution in [0.3, 0.4) is 0 Å². The number of halogens is 2. The Bertz CT molecular complexity index is 1900. The van der Waals surface area contributed by atoms with Gasteiger partial charge in [-0.3, -0.25) is 9.69 Å². The van der Waals surface area contributed by atoms with Crippen LogP contribution in [0.1, 0.15) is 52.7 Å². The lowest BCUT2D eigenvalue weighted by Crippen LogP contribution is -2.55. The molecule has 0 spiro atoms. The number of anilines is 1. The second kappa shape index (κ2) is 16.2. The van der Waals surface area contributed by atoms with Crippen molar-refractivity contribution in [3.8, 4) is 11.1 Å². The maximum absolute atomic E-state index is 14.9. The van der Waals surface area contributed by atoms with E-state index in [1.54, 1.807) is 11.0 Å². The van der Waals surface area contributed by atoms with Gasteiger partial charge in [0.25, 0.3) is 5.91 Å². The average molecular weight is 707 g/mol. The number of hydrogen-bond donors (Lipinski definition) is 1. The number of carbonyl (C=O) groups is 2. The van der Waals surface area contributed by atoms with E-state index < -0.39 is 18.2 Å². The van der Waals surface area contributed by atoms with Gasteiger partial charge in [0.2, 0.25) is 0 Å². The standard InChI is InChI=1S/C42H40ClN3O3.ClH/c43-36-18-19-38-37(25-36)40(35-13-7-8-30(24-35)26-44)49-41(39(28-47)45-22-20-34(21-23-45)32-11-5-2-6-12-32)42(48)46(38)27-29-14-16-33(17-15-29)31-9-3-1-4-10-31;/h1-19,24-25,28,34,39-41H,20-23,26-27,44H2;1H. The molecule has 2 aliphatic rings. The van der Waals surface area contributed by atoms with Crippen LogP contribution in [0.4, 0.5) is 5.69 Å². The number of aldehydes is 1. The normalized spacial score (nSPS) is 18.8. The van der Waals surface area contributed by atoms with Crippen LogP contribution in [0.5, 0.6) is 0 Å². The second-order valence-electron chi connectivity index (χ2n) is 12.9. The molecule has 0 radical (unpaired) electrons. The van der Waals surface area contributed by atoms with E-state index in [9.17, 15) is 9.59 Å². The van der Waals surface area contributed by atoms with Crippen molar-refractivity contribution in [2.45, 2.75) is 50.1 Å². The first-order valence-electron chi connectivity index (χ1n) is 17.0. The number of amides is 1. The Morgan fingerprint density at radius 3 is 2.12 bits per heavy atom. The summed E-state index contributed by atoms with van der Waals surface area (Å²) in [7, 11) is 0. The second-order valence-corrected chi connectivity index (χ2v) is 13.4. The lowest BCUT2D eigenvalue weighted by Gasteiger charge is -2.39. The number of rotatable bonds is 9. The largest absolute Gasteiger partial charge is 0.353 e. The van der Waals surface area contributed by atoms with Gasteiger partial charge in [0.1, 0.15) is 18.4 Å². The Hall–Kier alpha value is -4.30. The fourth-order valence-electron chi connectivity index (χ4n) is 7.28. The highest BCUT2D eigenvalue weighted by Gasteiger charge is 2.43. The average Bonchev–Trinajstić information content (AvgIpc) is 3.27. The lowest BCUT2D eigenvalue weighted by molar-refractivity contribution is -0.142. The number of fused-ring (bicyclic) bond motifs is 1. The Morgan fingerprint density at radius 2 is 1.44 bits per heavy atom. The minimum absolute atomic E-state index is 0. The maximum Gasteiger partial charge on any atom is 0.258 e. The van der Waals surface area contributed by atoms with Gasteiger partial charge < -0.3 is 20.2 Å². The van der Waals surface area contributed by atoms with Crippen molar-refractivity contribution in [3.05, 3.63) is 160 Å². The summed E-state index contributed by atoms with van der Waals surface area (Å²) in [6.07, 6.45) is 0.986. The van der Waals surface area contributed by atoms with Gasteiger partial charge in [-0.2, -0.15) is 0 Å². The molecule has 2 aliphatic heterocycles. The molecule has 6 nitrogen and oxygen atoms in total. The van der Waals surface area contributed by atoms with Crippen molar-refractivity contribution < 1.29 is 14.3 Å². The number of likely N-dealkylation sites (tertiary alicyclic amines) is 1. The number of nitrogens with two attached hydrogens (primary N) is 1. The van der Waals surface area contributed by atoms with E-state index in [0.29, 0.717) is 42.8 Å². The number of nitrogens with zero attached hydrogens (tertiary/aromatic N) is 2. The molecule has 3 atom stereocenters. The van der Waals surface area contributed by atoms with E-state index in [-0.39, 0.29) is 18.3 Å². The van der Waals surface area contributed by atoms with Gasteiger partial charge in [0, 0.05) is 17.1 Å². The van der Waals surface area contributed by atoms with Crippen LogP contribution in [0, 0.1) is 0 Å². The van der Waals surface area contributed by atoms with Crippen molar-refractivity contribution in [2.24, 2.45) is 5.73 Å². The van der Waals surface area contributed by atoms with Gasteiger partial charge >= 0.3 is 0 Å². The fourth-order valence-corrected chi connectivity index (χ4v) is 7.46. The third-order valence-electron chi connectivity index (χ3n) is 9.92. The van der Waals surface area contributed by atoms with Crippen LogP contribution in [-0.4, -0.2) is 42.3 Å². The number of benzene rings is 5. The van der Waals surface area contributed by atoms with Crippen molar-refractivity contribution in [1.29, 1.82) is 0 Å². The first-order chi connectivity index (χ1) is 24.0. The van der Waals surface area contributed by atoms with Crippen LogP contribution in [0.2, 0.25) is 5.02 Å². The highest BCUT2D eigenvalue weighted by Crippen LogP contribution is 2.42. The lowest BCUT2D eigenvalue weighted by atomic mass is 9.88. The molecule has 3 unspecified atom stereocenters. The predicted molar refractivity (Wildman–Crippen MR) is 203 cm³/mol. The highest BCUT2D eigenvalue weighted by molar-refractivity contribution is 6.30. The molecule has 2 N–H and O–H groups in total. The topological polar surface area (TPSA) is 75.9 Å². The van der Waals surface area contributed by atoms with Crippen LogP contribution in [0.25, 0.3) is 11.1 Å². The zero-order valence-corrected chi connectivity index (χ0v) is 29.3. The third kappa shape index (κ3) is 7.55. The summed E-state index contributed by atoms with van der Waals surface area (Å²) in [5.41, 5.74) is 13.8. The van der Waals surface area contributed by atoms with Gasteiger partial charge in [-0.15, -0.1) is 12.4 Å². The molecule has 0 bridgehead atoms. The molecule has 0 aromatic heterocycles. The monoisotopic (exact) mass is 705 g/mol. The first kappa shape index (κ1) is 35.5. The van der Waals surface area contributed by atoms with Crippen LogP contribution in [0.15, 0.2) is 127 Å². The van der Waals surface area contributed by atoms with Gasteiger partial charge in [-0.25, -0.2) is 0 Å². The molecule has 1 fully saturated rings. The Morgan fingerprint density at radius 1 is 0.780 bits per heavy atom. The van der Waals surface area contributed by atoms with Gasteiger partial charge in [-0.1, -0.05) is 121 Å². The SMILES string of the molecule is Cl.NCc1cccc(C2OC(C(C=O)N3CCC(c4ccccc4)CC3)C(=O)N(Cc3ccc(-c4ccccc4)cc3)c3ccc(Cl)cc32)c1.